The molecular weight excluding hydrogens is 262 g/mol. The molecule has 110 valence electrons. The van der Waals surface area contributed by atoms with Crippen LogP contribution in [0.2, 0.25) is 0 Å². The lowest BCUT2D eigenvalue weighted by Gasteiger charge is -2.26. The Morgan fingerprint density at radius 3 is 2.29 bits per heavy atom. The maximum absolute atomic E-state index is 5.35. The molecule has 0 saturated carbocycles. The van der Waals surface area contributed by atoms with Gasteiger partial charge in [-0.1, -0.05) is 24.3 Å². The monoisotopic (exact) mass is 284 g/mol. The Labute approximate surface area is 126 Å². The summed E-state index contributed by atoms with van der Waals surface area (Å²) in [5.41, 5.74) is 4.25. The number of benzene rings is 2. The lowest BCUT2D eigenvalue weighted by Crippen LogP contribution is -3.10. The Hall–Kier alpha value is -2.00. The second kappa shape index (κ2) is 6.19. The van der Waals surface area contributed by atoms with Gasteiger partial charge in [-0.2, -0.15) is 0 Å². The van der Waals surface area contributed by atoms with Crippen LogP contribution in [0.25, 0.3) is 0 Å². The van der Waals surface area contributed by atoms with Gasteiger partial charge in [0.05, 0.1) is 20.8 Å². The molecule has 0 amide bonds. The molecule has 3 heteroatoms. The maximum atomic E-state index is 5.35. The van der Waals surface area contributed by atoms with E-state index in [0.29, 0.717) is 0 Å². The largest absolute Gasteiger partial charge is 0.497 e. The van der Waals surface area contributed by atoms with Crippen LogP contribution in [0.4, 0.5) is 0 Å². The zero-order valence-electron chi connectivity index (χ0n) is 12.7. The van der Waals surface area contributed by atoms with E-state index in [9.17, 15) is 0 Å². The van der Waals surface area contributed by atoms with Gasteiger partial charge in [0.1, 0.15) is 24.6 Å². The second-order valence-electron chi connectivity index (χ2n) is 5.59. The van der Waals surface area contributed by atoms with Gasteiger partial charge in [-0.3, -0.25) is 0 Å². The normalized spacial score (nSPS) is 17.1. The first-order valence-electron chi connectivity index (χ1n) is 7.41. The highest BCUT2D eigenvalue weighted by atomic mass is 16.5. The summed E-state index contributed by atoms with van der Waals surface area (Å²) in [6, 6.07) is 14.9. The van der Waals surface area contributed by atoms with E-state index in [-0.39, 0.29) is 0 Å². The van der Waals surface area contributed by atoms with Crippen LogP contribution in [0.1, 0.15) is 16.7 Å². The van der Waals surface area contributed by atoms with Crippen molar-refractivity contribution in [2.24, 2.45) is 0 Å². The van der Waals surface area contributed by atoms with Gasteiger partial charge < -0.3 is 14.4 Å². The highest BCUT2D eigenvalue weighted by Gasteiger charge is 2.19. The standard InChI is InChI=1S/C18H21NO2/c1-20-17-9-14(10-18(11-17)21-2)12-19-8-7-15-5-3-4-6-16(15)13-19/h3-6,9-11H,7-8,12-13H2,1-2H3/p+1. The van der Waals surface area contributed by atoms with Gasteiger partial charge in [0.15, 0.2) is 0 Å². The molecule has 1 unspecified atom stereocenters. The topological polar surface area (TPSA) is 22.9 Å². The van der Waals surface area contributed by atoms with Crippen LogP contribution in [-0.2, 0) is 19.5 Å². The first-order valence-corrected chi connectivity index (χ1v) is 7.41. The van der Waals surface area contributed by atoms with Crippen molar-refractivity contribution in [2.75, 3.05) is 20.8 Å². The number of methoxy groups -OCH3 is 2. The Morgan fingerprint density at radius 2 is 1.62 bits per heavy atom. The summed E-state index contributed by atoms with van der Waals surface area (Å²) in [6.45, 7) is 3.27. The molecule has 1 heterocycles. The Balaban J connectivity index is 1.76. The van der Waals surface area contributed by atoms with E-state index >= 15 is 0 Å². The molecule has 0 fully saturated rings. The second-order valence-corrected chi connectivity index (χ2v) is 5.59. The molecule has 0 aliphatic carbocycles. The van der Waals surface area contributed by atoms with Crippen molar-refractivity contribution in [3.63, 3.8) is 0 Å². The van der Waals surface area contributed by atoms with Crippen LogP contribution >= 0.6 is 0 Å². The number of hydrogen-bond donors (Lipinski definition) is 1. The minimum Gasteiger partial charge on any atom is -0.497 e. The average Bonchev–Trinajstić information content (AvgIpc) is 2.54. The molecule has 0 spiro atoms. The predicted molar refractivity (Wildman–Crippen MR) is 82.9 cm³/mol. The molecule has 3 rings (SSSR count). The smallest absolute Gasteiger partial charge is 0.123 e. The summed E-state index contributed by atoms with van der Waals surface area (Å²) in [5, 5.41) is 0. The quantitative estimate of drug-likeness (QED) is 0.926. The van der Waals surface area contributed by atoms with E-state index in [0.717, 1.165) is 31.0 Å². The number of nitrogens with one attached hydrogen (secondary N) is 1. The number of hydrogen-bond acceptors (Lipinski definition) is 2. The van der Waals surface area contributed by atoms with Gasteiger partial charge in [-0.15, -0.1) is 0 Å². The third-order valence-corrected chi connectivity index (χ3v) is 4.17. The minimum atomic E-state index is 0.862. The highest BCUT2D eigenvalue weighted by Crippen LogP contribution is 2.22. The number of ether oxygens (including phenoxy) is 2. The lowest BCUT2D eigenvalue weighted by molar-refractivity contribution is -0.929. The Bertz CT molecular complexity index is 602. The molecule has 0 saturated heterocycles. The number of fused-ring (bicyclic) bond motifs is 1. The SMILES string of the molecule is COc1cc(C[NH+]2CCc3ccccc3C2)cc(OC)c1. The molecule has 1 N–H and O–H groups in total. The average molecular weight is 284 g/mol. The van der Waals surface area contributed by atoms with E-state index in [1.807, 2.05) is 6.07 Å². The van der Waals surface area contributed by atoms with E-state index in [2.05, 4.69) is 36.4 Å². The minimum absolute atomic E-state index is 0.862. The number of quaternary nitrogens is 1. The van der Waals surface area contributed by atoms with Crippen LogP contribution in [-0.4, -0.2) is 20.8 Å². The van der Waals surface area contributed by atoms with Crippen LogP contribution in [0, 0.1) is 0 Å². The number of rotatable bonds is 4. The van der Waals surface area contributed by atoms with Gasteiger partial charge >= 0.3 is 0 Å². The third-order valence-electron chi connectivity index (χ3n) is 4.17. The molecule has 1 aliphatic rings. The van der Waals surface area contributed by atoms with E-state index in [1.54, 1.807) is 19.1 Å². The fraction of sp³-hybridized carbons (Fsp3) is 0.333. The van der Waals surface area contributed by atoms with Crippen molar-refractivity contribution in [2.45, 2.75) is 19.5 Å². The van der Waals surface area contributed by atoms with E-state index < -0.39 is 0 Å². The zero-order valence-corrected chi connectivity index (χ0v) is 12.7. The van der Waals surface area contributed by atoms with Gasteiger partial charge in [0.2, 0.25) is 0 Å². The summed E-state index contributed by atoms with van der Waals surface area (Å²) in [4.78, 5) is 1.59. The first-order chi connectivity index (χ1) is 10.3. The van der Waals surface area contributed by atoms with Crippen molar-refractivity contribution in [3.05, 3.63) is 59.2 Å². The van der Waals surface area contributed by atoms with Crippen LogP contribution in [0.5, 0.6) is 11.5 Å². The molecule has 0 radical (unpaired) electrons. The van der Waals surface area contributed by atoms with Crippen molar-refractivity contribution < 1.29 is 14.4 Å². The van der Waals surface area contributed by atoms with Crippen molar-refractivity contribution in [3.8, 4) is 11.5 Å². The molecule has 1 aliphatic heterocycles. The van der Waals surface area contributed by atoms with Gasteiger partial charge in [0, 0.05) is 23.6 Å². The van der Waals surface area contributed by atoms with Crippen molar-refractivity contribution >= 4 is 0 Å². The fourth-order valence-electron chi connectivity index (χ4n) is 3.05. The fourth-order valence-corrected chi connectivity index (χ4v) is 3.05. The summed E-state index contributed by atoms with van der Waals surface area (Å²) >= 11 is 0. The van der Waals surface area contributed by atoms with Gasteiger partial charge in [-0.25, -0.2) is 0 Å². The van der Waals surface area contributed by atoms with E-state index in [4.69, 9.17) is 9.47 Å². The molecule has 3 nitrogen and oxygen atoms in total. The van der Waals surface area contributed by atoms with Crippen LogP contribution < -0.4 is 14.4 Å². The van der Waals surface area contributed by atoms with Crippen molar-refractivity contribution in [1.29, 1.82) is 0 Å². The Kier molecular flexibility index (Phi) is 4.11. The summed E-state index contributed by atoms with van der Waals surface area (Å²) in [5.74, 6) is 1.72. The molecule has 0 bridgehead atoms. The van der Waals surface area contributed by atoms with E-state index in [1.165, 1.54) is 23.2 Å². The molecule has 2 aromatic carbocycles. The van der Waals surface area contributed by atoms with Crippen molar-refractivity contribution in [1.82, 2.24) is 0 Å². The Morgan fingerprint density at radius 1 is 0.952 bits per heavy atom. The lowest BCUT2D eigenvalue weighted by atomic mass is 9.99. The maximum Gasteiger partial charge on any atom is 0.123 e. The molecule has 21 heavy (non-hydrogen) atoms. The molecular formula is C18H22NO2+. The first kappa shape index (κ1) is 14.0. The molecule has 1 atom stereocenters. The van der Waals surface area contributed by atoms with Crippen LogP contribution in [0.15, 0.2) is 42.5 Å². The predicted octanol–water partition coefficient (Wildman–Crippen LogP) is 1.84. The highest BCUT2D eigenvalue weighted by molar-refractivity contribution is 5.38. The van der Waals surface area contributed by atoms with Gasteiger partial charge in [-0.05, 0) is 17.7 Å². The third kappa shape index (κ3) is 3.19. The summed E-state index contributed by atoms with van der Waals surface area (Å²) in [6.07, 6.45) is 1.16. The summed E-state index contributed by atoms with van der Waals surface area (Å²) in [7, 11) is 3.39. The van der Waals surface area contributed by atoms with Gasteiger partial charge in [0.25, 0.3) is 0 Å². The van der Waals surface area contributed by atoms with Crippen LogP contribution in [0.3, 0.4) is 0 Å². The summed E-state index contributed by atoms with van der Waals surface area (Å²) < 4.78 is 10.7. The zero-order chi connectivity index (χ0) is 14.7. The molecule has 0 aromatic heterocycles. The molecule has 2 aromatic rings.